The van der Waals surface area contributed by atoms with E-state index in [0.29, 0.717) is 12.8 Å². The number of halogens is 1. The second-order valence-corrected chi connectivity index (χ2v) is 8.42. The highest BCUT2D eigenvalue weighted by Crippen LogP contribution is 2.30. The maximum Gasteiger partial charge on any atom is 0.331 e. The standard InChI is InChI=1S/C14H21NO3.C8H15NO2.ClH/c1-18-13(17)14(9-5-2-6-10-14)15-12(16)11-7-3-4-8-11;1-11-7(10)8(9)5-3-2-4-6-8;/h7H,2-6,8-10H2,1H3,(H,15,16);2-6,9H2,1H3;1H. The van der Waals surface area contributed by atoms with Crippen LogP contribution in [-0.4, -0.2) is 43.1 Å². The highest BCUT2D eigenvalue weighted by atomic mass is 35.5. The van der Waals surface area contributed by atoms with E-state index in [1.165, 1.54) is 20.6 Å². The molecule has 0 atom stereocenters. The molecule has 0 aromatic rings. The summed E-state index contributed by atoms with van der Waals surface area (Å²) < 4.78 is 9.51. The Balaban J connectivity index is 0.000000324. The molecule has 2 fully saturated rings. The zero-order valence-corrected chi connectivity index (χ0v) is 19.1. The molecule has 3 aliphatic carbocycles. The van der Waals surface area contributed by atoms with Crippen LogP contribution in [0.3, 0.4) is 0 Å². The Hall–Kier alpha value is -1.60. The summed E-state index contributed by atoms with van der Waals surface area (Å²) in [7, 11) is 2.78. The average Bonchev–Trinajstić information content (AvgIpc) is 3.29. The van der Waals surface area contributed by atoms with Crippen molar-refractivity contribution in [1.82, 2.24) is 5.32 Å². The van der Waals surface area contributed by atoms with Gasteiger partial charge in [-0.1, -0.05) is 44.6 Å². The van der Waals surface area contributed by atoms with E-state index in [1.807, 2.05) is 6.08 Å². The van der Waals surface area contributed by atoms with Crippen molar-refractivity contribution in [1.29, 1.82) is 0 Å². The zero-order chi connectivity index (χ0) is 21.3. The molecular formula is C22H37ClN2O5. The van der Waals surface area contributed by atoms with Crippen molar-refractivity contribution in [2.45, 2.75) is 94.5 Å². The third-order valence-electron chi connectivity index (χ3n) is 6.31. The molecule has 0 bridgehead atoms. The molecule has 0 radical (unpaired) electrons. The number of nitrogens with one attached hydrogen (secondary N) is 1. The fourth-order valence-electron chi connectivity index (χ4n) is 4.50. The zero-order valence-electron chi connectivity index (χ0n) is 18.3. The predicted octanol–water partition coefficient (Wildman–Crippen LogP) is 3.33. The molecular weight excluding hydrogens is 408 g/mol. The first kappa shape index (κ1) is 26.4. The highest BCUT2D eigenvalue weighted by molar-refractivity contribution is 5.97. The number of carbonyl (C=O) groups excluding carboxylic acids is 3. The number of allylic oxidation sites excluding steroid dienone is 1. The van der Waals surface area contributed by atoms with Gasteiger partial charge in [0, 0.05) is 5.57 Å². The van der Waals surface area contributed by atoms with Crippen LogP contribution in [0.5, 0.6) is 0 Å². The van der Waals surface area contributed by atoms with Crippen LogP contribution in [0.4, 0.5) is 0 Å². The van der Waals surface area contributed by atoms with Gasteiger partial charge in [-0.3, -0.25) is 9.59 Å². The van der Waals surface area contributed by atoms with Gasteiger partial charge < -0.3 is 20.5 Å². The normalized spacial score (nSPS) is 21.6. The molecule has 172 valence electrons. The lowest BCUT2D eigenvalue weighted by Crippen LogP contribution is -2.56. The summed E-state index contributed by atoms with van der Waals surface area (Å²) in [6, 6.07) is 0. The third-order valence-corrected chi connectivity index (χ3v) is 6.31. The molecule has 0 spiro atoms. The van der Waals surface area contributed by atoms with Gasteiger partial charge in [-0.2, -0.15) is 0 Å². The summed E-state index contributed by atoms with van der Waals surface area (Å²) in [5, 5.41) is 2.94. The van der Waals surface area contributed by atoms with Crippen LogP contribution in [0.1, 0.15) is 83.5 Å². The Morgan fingerprint density at radius 1 is 0.867 bits per heavy atom. The van der Waals surface area contributed by atoms with E-state index < -0.39 is 11.1 Å². The fraction of sp³-hybridized carbons (Fsp3) is 0.773. The molecule has 7 nitrogen and oxygen atoms in total. The predicted molar refractivity (Wildman–Crippen MR) is 117 cm³/mol. The van der Waals surface area contributed by atoms with Gasteiger partial charge >= 0.3 is 11.9 Å². The molecule has 3 N–H and O–H groups in total. The Bertz CT molecular complexity index is 623. The molecule has 1 amide bonds. The summed E-state index contributed by atoms with van der Waals surface area (Å²) in [5.74, 6) is -0.633. The average molecular weight is 445 g/mol. The number of methoxy groups -OCH3 is 2. The van der Waals surface area contributed by atoms with Crippen molar-refractivity contribution >= 4 is 30.3 Å². The van der Waals surface area contributed by atoms with Gasteiger partial charge in [0.25, 0.3) is 0 Å². The van der Waals surface area contributed by atoms with Crippen LogP contribution < -0.4 is 11.1 Å². The van der Waals surface area contributed by atoms with Gasteiger partial charge in [0.05, 0.1) is 14.2 Å². The van der Waals surface area contributed by atoms with Crippen LogP contribution >= 0.6 is 12.4 Å². The molecule has 0 aliphatic heterocycles. The molecule has 3 rings (SSSR count). The first-order valence-corrected chi connectivity index (χ1v) is 10.8. The summed E-state index contributed by atoms with van der Waals surface area (Å²) >= 11 is 0. The van der Waals surface area contributed by atoms with Crippen molar-refractivity contribution < 1.29 is 23.9 Å². The van der Waals surface area contributed by atoms with Gasteiger partial charge in [-0.05, 0) is 44.9 Å². The summed E-state index contributed by atoms with van der Waals surface area (Å²) in [6.45, 7) is 0. The Morgan fingerprint density at radius 2 is 1.40 bits per heavy atom. The highest BCUT2D eigenvalue weighted by Gasteiger charge is 2.42. The summed E-state index contributed by atoms with van der Waals surface area (Å²) in [4.78, 5) is 35.3. The van der Waals surface area contributed by atoms with Crippen molar-refractivity contribution in [3.8, 4) is 0 Å². The van der Waals surface area contributed by atoms with E-state index in [9.17, 15) is 14.4 Å². The van der Waals surface area contributed by atoms with Gasteiger partial charge in [-0.15, -0.1) is 12.4 Å². The largest absolute Gasteiger partial charge is 0.468 e. The maximum absolute atomic E-state index is 12.2. The molecule has 0 saturated heterocycles. The quantitative estimate of drug-likeness (QED) is 0.644. The fourth-order valence-corrected chi connectivity index (χ4v) is 4.50. The van der Waals surface area contributed by atoms with Crippen molar-refractivity contribution in [2.24, 2.45) is 5.73 Å². The van der Waals surface area contributed by atoms with E-state index >= 15 is 0 Å². The maximum atomic E-state index is 12.2. The van der Waals surface area contributed by atoms with Crippen LogP contribution in [0, 0.1) is 0 Å². The van der Waals surface area contributed by atoms with E-state index in [0.717, 1.165) is 69.8 Å². The van der Waals surface area contributed by atoms with Crippen LogP contribution in [0.15, 0.2) is 11.6 Å². The van der Waals surface area contributed by atoms with Gasteiger partial charge in [0.15, 0.2) is 0 Å². The van der Waals surface area contributed by atoms with Crippen molar-refractivity contribution in [3.63, 3.8) is 0 Å². The number of amides is 1. The lowest BCUT2D eigenvalue weighted by atomic mass is 9.81. The Morgan fingerprint density at radius 3 is 1.87 bits per heavy atom. The molecule has 2 saturated carbocycles. The number of carbonyl (C=O) groups is 3. The second kappa shape index (κ2) is 12.3. The minimum absolute atomic E-state index is 0. The minimum atomic E-state index is -0.784. The van der Waals surface area contributed by atoms with Crippen LogP contribution in [0.2, 0.25) is 0 Å². The third kappa shape index (κ3) is 6.71. The number of hydrogen-bond acceptors (Lipinski definition) is 6. The molecule has 30 heavy (non-hydrogen) atoms. The Labute approximate surface area is 185 Å². The van der Waals surface area contributed by atoms with E-state index in [-0.39, 0.29) is 30.3 Å². The van der Waals surface area contributed by atoms with Crippen LogP contribution in [-0.2, 0) is 23.9 Å². The van der Waals surface area contributed by atoms with Gasteiger partial charge in [-0.25, -0.2) is 4.79 Å². The summed E-state index contributed by atoms with van der Waals surface area (Å²) in [5.41, 5.74) is 5.20. The van der Waals surface area contributed by atoms with E-state index in [2.05, 4.69) is 10.1 Å². The van der Waals surface area contributed by atoms with Crippen molar-refractivity contribution in [2.75, 3.05) is 14.2 Å². The first-order valence-electron chi connectivity index (χ1n) is 10.8. The molecule has 0 unspecified atom stereocenters. The number of nitrogens with two attached hydrogens (primary N) is 1. The molecule has 8 heteroatoms. The monoisotopic (exact) mass is 444 g/mol. The molecule has 0 heterocycles. The first-order chi connectivity index (χ1) is 13.9. The topological polar surface area (TPSA) is 108 Å². The molecule has 0 aromatic heterocycles. The van der Waals surface area contributed by atoms with Gasteiger partial charge in [0.2, 0.25) is 5.91 Å². The number of hydrogen-bond donors (Lipinski definition) is 2. The Kier molecular flexibility index (Phi) is 10.8. The SMILES string of the molecule is COC(=O)C1(N)CCCCC1.COC(=O)C1(NC(=O)C2=CCCC2)CCCCC1.Cl. The molecule has 0 aromatic carbocycles. The minimum Gasteiger partial charge on any atom is -0.468 e. The number of ether oxygens (including phenoxy) is 2. The smallest absolute Gasteiger partial charge is 0.331 e. The van der Waals surface area contributed by atoms with Gasteiger partial charge in [0.1, 0.15) is 11.1 Å². The lowest BCUT2D eigenvalue weighted by Gasteiger charge is -2.35. The number of rotatable bonds is 4. The van der Waals surface area contributed by atoms with E-state index in [1.54, 1.807) is 0 Å². The van der Waals surface area contributed by atoms with Crippen LogP contribution in [0.25, 0.3) is 0 Å². The second-order valence-electron chi connectivity index (χ2n) is 8.42. The lowest BCUT2D eigenvalue weighted by molar-refractivity contribution is -0.152. The molecule has 3 aliphatic rings. The summed E-state index contributed by atoms with van der Waals surface area (Å²) in [6.07, 6.45) is 14.1. The number of esters is 2. The van der Waals surface area contributed by atoms with E-state index in [4.69, 9.17) is 10.5 Å². The van der Waals surface area contributed by atoms with Crippen molar-refractivity contribution in [3.05, 3.63) is 11.6 Å².